The van der Waals surface area contributed by atoms with E-state index in [1.54, 1.807) is 6.92 Å². The van der Waals surface area contributed by atoms with Gasteiger partial charge in [0.2, 0.25) is 0 Å². The Morgan fingerprint density at radius 3 is 2.47 bits per heavy atom. The largest absolute Gasteiger partial charge is 0.389 e. The molecule has 0 radical (unpaired) electrons. The molecule has 0 heterocycles. The number of halogens is 4. The topological polar surface area (TPSA) is 69.2 Å². The van der Waals surface area contributed by atoms with Gasteiger partial charge in [-0.1, -0.05) is 12.1 Å². The van der Waals surface area contributed by atoms with Crippen molar-refractivity contribution in [3.8, 4) is 0 Å². The number of nitro groups is 1. The molecule has 1 aromatic carbocycles. The Morgan fingerprint density at radius 1 is 1.42 bits per heavy atom. The van der Waals surface area contributed by atoms with Gasteiger partial charge in [-0.25, -0.2) is 0 Å². The molecule has 19 heavy (non-hydrogen) atoms. The summed E-state index contributed by atoms with van der Waals surface area (Å²) in [6.07, 6.45) is -5.56. The zero-order valence-electron chi connectivity index (χ0n) is 10.1. The lowest BCUT2D eigenvalue weighted by Gasteiger charge is -2.13. The van der Waals surface area contributed by atoms with E-state index in [2.05, 4.69) is 0 Å². The van der Waals surface area contributed by atoms with Crippen LogP contribution in [0, 0.1) is 17.0 Å². The molecule has 2 N–H and O–H groups in total. The number of rotatable bonds is 4. The first-order valence-corrected chi connectivity index (χ1v) is 5.28. The third-order valence-corrected chi connectivity index (χ3v) is 2.60. The van der Waals surface area contributed by atoms with Gasteiger partial charge in [-0.15, -0.1) is 12.4 Å². The molecule has 1 atom stereocenters. The Bertz CT molecular complexity index is 452. The lowest BCUT2D eigenvalue weighted by molar-refractivity contribution is -0.385. The van der Waals surface area contributed by atoms with Crippen LogP contribution < -0.4 is 5.73 Å². The van der Waals surface area contributed by atoms with Crippen LogP contribution in [0.25, 0.3) is 0 Å². The van der Waals surface area contributed by atoms with E-state index < -0.39 is 23.6 Å². The smallest absolute Gasteiger partial charge is 0.324 e. The Morgan fingerprint density at radius 2 is 2.00 bits per heavy atom. The molecule has 0 aromatic heterocycles. The maximum absolute atomic E-state index is 12.0. The number of hydrogen-bond donors (Lipinski definition) is 1. The van der Waals surface area contributed by atoms with Gasteiger partial charge >= 0.3 is 6.18 Å². The van der Waals surface area contributed by atoms with Gasteiger partial charge in [0.05, 0.1) is 4.92 Å². The van der Waals surface area contributed by atoms with E-state index in [1.165, 1.54) is 18.2 Å². The quantitative estimate of drug-likeness (QED) is 0.681. The second-order valence-corrected chi connectivity index (χ2v) is 4.06. The SMILES string of the molecule is Cc1ccc([C@H](N)CCC(F)(F)F)cc1[N+](=O)[O-].Cl. The number of hydrogen-bond acceptors (Lipinski definition) is 3. The number of aryl methyl sites for hydroxylation is 1. The van der Waals surface area contributed by atoms with Gasteiger partial charge in [0.15, 0.2) is 0 Å². The Balaban J connectivity index is 0.00000324. The van der Waals surface area contributed by atoms with E-state index >= 15 is 0 Å². The van der Waals surface area contributed by atoms with Crippen molar-refractivity contribution >= 4 is 18.1 Å². The standard InChI is InChI=1S/C11H13F3N2O2.ClH/c1-7-2-3-8(6-10(7)16(17)18)9(15)4-5-11(12,13)14;/h2-3,6,9H,4-5,15H2,1H3;1H/t9-;/m1./s1. The molecule has 0 unspecified atom stereocenters. The van der Waals surface area contributed by atoms with Gasteiger partial charge in [0.25, 0.3) is 5.69 Å². The molecule has 1 rings (SSSR count). The van der Waals surface area contributed by atoms with Crippen LogP contribution in [-0.2, 0) is 0 Å². The van der Waals surface area contributed by atoms with Crippen molar-refractivity contribution in [1.29, 1.82) is 0 Å². The first-order chi connectivity index (χ1) is 8.20. The normalized spacial score (nSPS) is 12.7. The average molecular weight is 299 g/mol. The second-order valence-electron chi connectivity index (χ2n) is 4.06. The molecular formula is C11H14ClF3N2O2. The van der Waals surface area contributed by atoms with Crippen LogP contribution in [0.4, 0.5) is 18.9 Å². The molecule has 0 aliphatic carbocycles. The average Bonchev–Trinajstić information content (AvgIpc) is 2.25. The van der Waals surface area contributed by atoms with Crippen molar-refractivity contribution in [3.05, 3.63) is 39.4 Å². The molecule has 0 saturated heterocycles. The number of nitrogens with zero attached hydrogens (tertiary/aromatic N) is 1. The lowest BCUT2D eigenvalue weighted by atomic mass is 10.0. The second kappa shape index (κ2) is 6.72. The lowest BCUT2D eigenvalue weighted by Crippen LogP contribution is -2.16. The van der Waals surface area contributed by atoms with Gasteiger partial charge in [0, 0.05) is 24.1 Å². The van der Waals surface area contributed by atoms with Crippen molar-refractivity contribution in [2.24, 2.45) is 5.73 Å². The highest BCUT2D eigenvalue weighted by Crippen LogP contribution is 2.28. The molecule has 0 aliphatic heterocycles. The zero-order chi connectivity index (χ0) is 13.9. The van der Waals surface area contributed by atoms with Crippen molar-refractivity contribution in [3.63, 3.8) is 0 Å². The summed E-state index contributed by atoms with van der Waals surface area (Å²) in [6, 6.07) is 3.38. The number of alkyl halides is 3. The fourth-order valence-electron chi connectivity index (χ4n) is 1.54. The highest BCUT2D eigenvalue weighted by molar-refractivity contribution is 5.85. The first-order valence-electron chi connectivity index (χ1n) is 5.28. The van der Waals surface area contributed by atoms with E-state index in [-0.39, 0.29) is 24.5 Å². The summed E-state index contributed by atoms with van der Waals surface area (Å²) in [6.45, 7) is 1.56. The van der Waals surface area contributed by atoms with Crippen LogP contribution in [-0.4, -0.2) is 11.1 Å². The minimum Gasteiger partial charge on any atom is -0.324 e. The van der Waals surface area contributed by atoms with E-state index in [4.69, 9.17) is 5.73 Å². The van der Waals surface area contributed by atoms with Gasteiger partial charge in [-0.05, 0) is 18.9 Å². The highest BCUT2D eigenvalue weighted by Gasteiger charge is 2.28. The highest BCUT2D eigenvalue weighted by atomic mass is 35.5. The summed E-state index contributed by atoms with van der Waals surface area (Å²) in [5, 5.41) is 10.7. The molecule has 0 saturated carbocycles. The van der Waals surface area contributed by atoms with Crippen LogP contribution >= 0.6 is 12.4 Å². The van der Waals surface area contributed by atoms with Gasteiger partial charge in [-0.3, -0.25) is 10.1 Å². The Hall–Kier alpha value is -1.34. The fourth-order valence-corrected chi connectivity index (χ4v) is 1.54. The summed E-state index contributed by atoms with van der Waals surface area (Å²) in [7, 11) is 0. The van der Waals surface area contributed by atoms with Gasteiger partial charge in [-0.2, -0.15) is 13.2 Å². The number of nitrogens with two attached hydrogens (primary N) is 1. The predicted octanol–water partition coefficient (Wildman–Crippen LogP) is 3.67. The molecule has 0 spiro atoms. The van der Waals surface area contributed by atoms with Gasteiger partial charge in [0.1, 0.15) is 0 Å². The minimum atomic E-state index is -4.27. The molecule has 0 bridgehead atoms. The molecule has 0 aliphatic rings. The van der Waals surface area contributed by atoms with Crippen LogP contribution in [0.3, 0.4) is 0 Å². The van der Waals surface area contributed by atoms with Crippen LogP contribution in [0.2, 0.25) is 0 Å². The van der Waals surface area contributed by atoms with Crippen molar-refractivity contribution in [2.75, 3.05) is 0 Å². The molecular weight excluding hydrogens is 285 g/mol. The summed E-state index contributed by atoms with van der Waals surface area (Å²) in [5.74, 6) is 0. The van der Waals surface area contributed by atoms with E-state index in [0.29, 0.717) is 11.1 Å². The fraction of sp³-hybridized carbons (Fsp3) is 0.455. The summed E-state index contributed by atoms with van der Waals surface area (Å²) < 4.78 is 36.1. The molecule has 1 aromatic rings. The first kappa shape index (κ1) is 17.7. The van der Waals surface area contributed by atoms with E-state index in [0.717, 1.165) is 0 Å². The molecule has 8 heteroatoms. The van der Waals surface area contributed by atoms with Gasteiger partial charge < -0.3 is 5.73 Å². The maximum Gasteiger partial charge on any atom is 0.389 e. The molecule has 4 nitrogen and oxygen atoms in total. The number of nitro benzene ring substituents is 1. The molecule has 0 fully saturated rings. The summed E-state index contributed by atoms with van der Waals surface area (Å²) >= 11 is 0. The van der Waals surface area contributed by atoms with Crippen LogP contribution in [0.1, 0.15) is 30.0 Å². The Labute approximate surface area is 114 Å². The number of benzene rings is 1. The van der Waals surface area contributed by atoms with Crippen molar-refractivity contribution < 1.29 is 18.1 Å². The minimum absolute atomic E-state index is 0. The summed E-state index contributed by atoms with van der Waals surface area (Å²) in [4.78, 5) is 10.1. The third-order valence-electron chi connectivity index (χ3n) is 2.60. The van der Waals surface area contributed by atoms with Crippen LogP contribution in [0.5, 0.6) is 0 Å². The van der Waals surface area contributed by atoms with Crippen molar-refractivity contribution in [1.82, 2.24) is 0 Å². The van der Waals surface area contributed by atoms with Crippen LogP contribution in [0.15, 0.2) is 18.2 Å². The maximum atomic E-state index is 12.0. The monoisotopic (exact) mass is 298 g/mol. The molecule has 0 amide bonds. The summed E-state index contributed by atoms with van der Waals surface area (Å²) in [5.41, 5.74) is 6.26. The molecule has 108 valence electrons. The zero-order valence-corrected chi connectivity index (χ0v) is 10.9. The van der Waals surface area contributed by atoms with Crippen molar-refractivity contribution in [2.45, 2.75) is 32.0 Å². The van der Waals surface area contributed by atoms with E-state index in [9.17, 15) is 23.3 Å². The van der Waals surface area contributed by atoms with E-state index in [1.807, 2.05) is 0 Å². The Kier molecular flexibility index (Phi) is 6.24. The predicted molar refractivity (Wildman–Crippen MR) is 67.3 cm³/mol. The third kappa shape index (κ3) is 5.44.